The van der Waals surface area contributed by atoms with Gasteiger partial charge in [0.05, 0.1) is 34.5 Å². The first-order valence-electron chi connectivity index (χ1n) is 8.24. The number of para-hydroxylation sites is 2. The molecule has 2 aromatic carbocycles. The molecule has 26 heavy (non-hydrogen) atoms. The van der Waals surface area contributed by atoms with Crippen LogP contribution in [0.1, 0.15) is 10.4 Å². The molecular formula is C19H17N3O3S. The van der Waals surface area contributed by atoms with Gasteiger partial charge in [-0.1, -0.05) is 35.6 Å². The number of thiazole rings is 1. The lowest BCUT2D eigenvalue weighted by atomic mass is 9.99. The quantitative estimate of drug-likeness (QED) is 0.717. The summed E-state index contributed by atoms with van der Waals surface area (Å²) in [6.45, 7) is 1.23. The monoisotopic (exact) mass is 367 g/mol. The Balaban J connectivity index is 1.41. The molecule has 1 aliphatic heterocycles. The molecule has 3 aromatic rings. The van der Waals surface area contributed by atoms with Crippen LogP contribution in [0.4, 0.5) is 10.8 Å². The predicted octanol–water partition coefficient (Wildman–Crippen LogP) is 3.16. The average molecular weight is 367 g/mol. The van der Waals surface area contributed by atoms with Gasteiger partial charge >= 0.3 is 5.97 Å². The molecule has 1 N–H and O–H groups in total. The number of methoxy groups -OCH3 is 1. The van der Waals surface area contributed by atoms with Crippen LogP contribution >= 0.6 is 11.3 Å². The van der Waals surface area contributed by atoms with E-state index in [9.17, 15) is 9.59 Å². The predicted molar refractivity (Wildman–Crippen MR) is 102 cm³/mol. The van der Waals surface area contributed by atoms with Gasteiger partial charge in [0.2, 0.25) is 5.91 Å². The Kier molecular flexibility index (Phi) is 4.30. The third-order valence-corrected chi connectivity index (χ3v) is 5.49. The molecule has 1 aliphatic rings. The van der Waals surface area contributed by atoms with E-state index in [4.69, 9.17) is 4.74 Å². The van der Waals surface area contributed by atoms with Crippen LogP contribution in [0, 0.1) is 5.92 Å². The minimum atomic E-state index is -0.467. The van der Waals surface area contributed by atoms with Crippen molar-refractivity contribution in [2.45, 2.75) is 0 Å². The first kappa shape index (κ1) is 16.5. The molecule has 7 heteroatoms. The number of nitrogens with one attached hydrogen (secondary N) is 1. The van der Waals surface area contributed by atoms with Gasteiger partial charge in [-0.05, 0) is 24.3 Å². The van der Waals surface area contributed by atoms with Gasteiger partial charge in [0.15, 0.2) is 5.13 Å². The van der Waals surface area contributed by atoms with Gasteiger partial charge in [-0.3, -0.25) is 4.79 Å². The van der Waals surface area contributed by atoms with Gasteiger partial charge in [-0.15, -0.1) is 0 Å². The van der Waals surface area contributed by atoms with Crippen molar-refractivity contribution in [2.75, 3.05) is 30.4 Å². The Hall–Kier alpha value is -2.93. The molecule has 0 spiro atoms. The van der Waals surface area contributed by atoms with Crippen LogP contribution in [-0.4, -0.2) is 37.1 Å². The maximum atomic E-state index is 12.5. The highest BCUT2D eigenvalue weighted by Crippen LogP contribution is 2.33. The summed E-state index contributed by atoms with van der Waals surface area (Å²) in [6.07, 6.45) is 0. The number of esters is 1. The van der Waals surface area contributed by atoms with Crippen LogP contribution < -0.4 is 10.2 Å². The summed E-state index contributed by atoms with van der Waals surface area (Å²) in [5.74, 6) is -0.697. The van der Waals surface area contributed by atoms with Crippen molar-refractivity contribution in [2.24, 2.45) is 5.92 Å². The number of fused-ring (bicyclic) bond motifs is 1. The molecule has 1 fully saturated rings. The highest BCUT2D eigenvalue weighted by atomic mass is 32.1. The van der Waals surface area contributed by atoms with Crippen LogP contribution in [-0.2, 0) is 9.53 Å². The van der Waals surface area contributed by atoms with Gasteiger partial charge in [-0.25, -0.2) is 9.78 Å². The molecule has 4 rings (SSSR count). The topological polar surface area (TPSA) is 71.5 Å². The summed E-state index contributed by atoms with van der Waals surface area (Å²) in [5.41, 5.74) is 1.81. The maximum Gasteiger partial charge on any atom is 0.339 e. The van der Waals surface area contributed by atoms with E-state index in [1.54, 1.807) is 35.6 Å². The summed E-state index contributed by atoms with van der Waals surface area (Å²) >= 11 is 1.63. The number of nitrogens with zero attached hydrogens (tertiary/aromatic N) is 2. The standard InChI is InChI=1S/C19H17N3O3S/c1-25-18(24)13-6-2-3-7-14(13)20-17(23)12-10-22(11-12)19-21-15-8-4-5-9-16(15)26-19/h2-9,12H,10-11H2,1H3,(H,20,23). The number of hydrogen-bond acceptors (Lipinski definition) is 6. The minimum absolute atomic E-state index is 0.0984. The van der Waals surface area contributed by atoms with E-state index >= 15 is 0 Å². The molecule has 0 aliphatic carbocycles. The summed E-state index contributed by atoms with van der Waals surface area (Å²) < 4.78 is 5.90. The molecule has 1 aromatic heterocycles. The average Bonchev–Trinajstić information content (AvgIpc) is 3.03. The largest absolute Gasteiger partial charge is 0.465 e. The van der Waals surface area contributed by atoms with E-state index in [-0.39, 0.29) is 11.8 Å². The number of amides is 1. The van der Waals surface area contributed by atoms with Crippen molar-refractivity contribution in [3.05, 3.63) is 54.1 Å². The molecule has 0 radical (unpaired) electrons. The molecule has 0 atom stereocenters. The zero-order valence-corrected chi connectivity index (χ0v) is 15.0. The normalized spacial score (nSPS) is 14.1. The zero-order chi connectivity index (χ0) is 18.1. The fourth-order valence-electron chi connectivity index (χ4n) is 2.91. The Morgan fingerprint density at radius 1 is 1.15 bits per heavy atom. The molecule has 2 heterocycles. The summed E-state index contributed by atoms with van der Waals surface area (Å²) in [6, 6.07) is 14.8. The van der Waals surface area contributed by atoms with E-state index in [0.717, 1.165) is 15.3 Å². The second-order valence-electron chi connectivity index (χ2n) is 6.09. The summed E-state index contributed by atoms with van der Waals surface area (Å²) in [7, 11) is 1.32. The Labute approximate surface area is 154 Å². The third-order valence-electron chi connectivity index (χ3n) is 4.40. The van der Waals surface area contributed by atoms with Crippen LogP contribution in [0.3, 0.4) is 0 Å². The third kappa shape index (κ3) is 3.01. The van der Waals surface area contributed by atoms with Gasteiger partial charge < -0.3 is 15.0 Å². The number of anilines is 2. The fourth-order valence-corrected chi connectivity index (χ4v) is 3.89. The van der Waals surface area contributed by atoms with Gasteiger partial charge in [-0.2, -0.15) is 0 Å². The number of aromatic nitrogens is 1. The van der Waals surface area contributed by atoms with E-state index in [0.29, 0.717) is 24.3 Å². The second kappa shape index (κ2) is 6.76. The number of ether oxygens (including phenoxy) is 1. The van der Waals surface area contributed by atoms with Crippen LogP contribution in [0.15, 0.2) is 48.5 Å². The van der Waals surface area contributed by atoms with Crippen molar-refractivity contribution in [3.8, 4) is 0 Å². The highest BCUT2D eigenvalue weighted by molar-refractivity contribution is 7.22. The summed E-state index contributed by atoms with van der Waals surface area (Å²) in [4.78, 5) is 31.0. The molecule has 132 valence electrons. The molecule has 0 saturated carbocycles. The SMILES string of the molecule is COC(=O)c1ccccc1NC(=O)C1CN(c2nc3ccccc3s2)C1. The molecule has 0 bridgehead atoms. The maximum absolute atomic E-state index is 12.5. The van der Waals surface area contributed by atoms with Crippen LogP contribution in [0.25, 0.3) is 10.2 Å². The molecule has 1 amide bonds. The number of carbonyl (C=O) groups excluding carboxylic acids is 2. The van der Waals surface area contributed by atoms with Gasteiger partial charge in [0.25, 0.3) is 0 Å². The van der Waals surface area contributed by atoms with Gasteiger partial charge in [0.1, 0.15) is 0 Å². The van der Waals surface area contributed by atoms with Crippen molar-refractivity contribution in [3.63, 3.8) is 0 Å². The van der Waals surface area contributed by atoms with Crippen molar-refractivity contribution < 1.29 is 14.3 Å². The van der Waals surface area contributed by atoms with E-state index in [2.05, 4.69) is 15.2 Å². The van der Waals surface area contributed by atoms with E-state index in [1.165, 1.54) is 7.11 Å². The van der Waals surface area contributed by atoms with Crippen molar-refractivity contribution in [1.82, 2.24) is 4.98 Å². The zero-order valence-electron chi connectivity index (χ0n) is 14.1. The Morgan fingerprint density at radius 2 is 1.88 bits per heavy atom. The lowest BCUT2D eigenvalue weighted by molar-refractivity contribution is -0.120. The van der Waals surface area contributed by atoms with Gasteiger partial charge in [0, 0.05) is 13.1 Å². The van der Waals surface area contributed by atoms with Crippen LogP contribution in [0.5, 0.6) is 0 Å². The summed E-state index contributed by atoms with van der Waals surface area (Å²) in [5, 5.41) is 3.78. The second-order valence-corrected chi connectivity index (χ2v) is 7.10. The smallest absolute Gasteiger partial charge is 0.339 e. The number of benzene rings is 2. The van der Waals surface area contributed by atoms with E-state index in [1.807, 2.05) is 24.3 Å². The molecule has 1 saturated heterocycles. The number of carbonyl (C=O) groups is 2. The molecular weight excluding hydrogens is 350 g/mol. The number of rotatable bonds is 4. The lowest BCUT2D eigenvalue weighted by Crippen LogP contribution is -2.52. The van der Waals surface area contributed by atoms with Crippen molar-refractivity contribution in [1.29, 1.82) is 0 Å². The first-order valence-corrected chi connectivity index (χ1v) is 9.06. The van der Waals surface area contributed by atoms with Crippen LogP contribution in [0.2, 0.25) is 0 Å². The Morgan fingerprint density at radius 3 is 2.65 bits per heavy atom. The van der Waals surface area contributed by atoms with Crippen molar-refractivity contribution >= 4 is 44.2 Å². The fraction of sp³-hybridized carbons (Fsp3) is 0.211. The lowest BCUT2D eigenvalue weighted by Gasteiger charge is -2.38. The Bertz CT molecular complexity index is 946. The highest BCUT2D eigenvalue weighted by Gasteiger charge is 2.34. The van der Waals surface area contributed by atoms with E-state index < -0.39 is 5.97 Å². The minimum Gasteiger partial charge on any atom is -0.465 e. The molecule has 6 nitrogen and oxygen atoms in total. The molecule has 0 unspecified atom stereocenters. The number of hydrogen-bond donors (Lipinski definition) is 1. The first-order chi connectivity index (χ1) is 12.7.